The molecule has 1 aliphatic rings. The van der Waals surface area contributed by atoms with Crippen molar-refractivity contribution in [3.05, 3.63) is 35.4 Å². The van der Waals surface area contributed by atoms with Gasteiger partial charge in [0.05, 0.1) is 0 Å². The monoisotopic (exact) mass is 254 g/mol. The Morgan fingerprint density at radius 1 is 1.28 bits per heavy atom. The van der Waals surface area contributed by atoms with Gasteiger partial charge in [-0.2, -0.15) is 0 Å². The van der Waals surface area contributed by atoms with Gasteiger partial charge in [-0.1, -0.05) is 0 Å². The van der Waals surface area contributed by atoms with E-state index in [4.69, 9.17) is 5.73 Å². The molecule has 3 N–H and O–H groups in total. The smallest absolute Gasteiger partial charge is 0.251 e. The predicted molar refractivity (Wildman–Crippen MR) is 64.0 cm³/mol. The zero-order chi connectivity index (χ0) is 13.2. The van der Waals surface area contributed by atoms with Gasteiger partial charge in [0.1, 0.15) is 11.6 Å². The molecule has 1 fully saturated rings. The van der Waals surface area contributed by atoms with Gasteiger partial charge >= 0.3 is 0 Å². The maximum Gasteiger partial charge on any atom is 0.251 e. The van der Waals surface area contributed by atoms with E-state index in [2.05, 4.69) is 5.32 Å². The number of benzene rings is 1. The van der Waals surface area contributed by atoms with E-state index < -0.39 is 17.5 Å². The molecule has 0 aliphatic heterocycles. The van der Waals surface area contributed by atoms with Crippen LogP contribution in [0.3, 0.4) is 0 Å². The molecular formula is C13H16F2N2O. The van der Waals surface area contributed by atoms with E-state index >= 15 is 0 Å². The summed E-state index contributed by atoms with van der Waals surface area (Å²) in [7, 11) is 0. The molecule has 0 saturated heterocycles. The standard InChI is InChI=1S/C13H16F2N2O/c14-10-5-9(6-11(15)7-10)12(18)17-8-13(1-2-13)3-4-16/h5-7H,1-4,8,16H2,(H,17,18). The average molecular weight is 254 g/mol. The lowest BCUT2D eigenvalue weighted by atomic mass is 10.0. The highest BCUT2D eigenvalue weighted by Gasteiger charge is 2.41. The number of hydrogen-bond donors (Lipinski definition) is 2. The van der Waals surface area contributed by atoms with Crippen LogP contribution in [0.1, 0.15) is 29.6 Å². The number of carbonyl (C=O) groups excluding carboxylic acids is 1. The number of amides is 1. The summed E-state index contributed by atoms with van der Waals surface area (Å²) < 4.78 is 25.9. The Morgan fingerprint density at radius 2 is 1.89 bits per heavy atom. The molecule has 0 atom stereocenters. The molecule has 0 heterocycles. The van der Waals surface area contributed by atoms with Crippen molar-refractivity contribution < 1.29 is 13.6 Å². The molecule has 3 nitrogen and oxygen atoms in total. The second-order valence-corrected chi connectivity index (χ2v) is 4.88. The minimum Gasteiger partial charge on any atom is -0.351 e. The van der Waals surface area contributed by atoms with Crippen molar-refractivity contribution in [2.45, 2.75) is 19.3 Å². The largest absolute Gasteiger partial charge is 0.351 e. The third-order valence-corrected chi connectivity index (χ3v) is 3.38. The van der Waals surface area contributed by atoms with E-state index in [1.54, 1.807) is 0 Å². The van der Waals surface area contributed by atoms with E-state index in [1.165, 1.54) is 0 Å². The molecule has 1 aromatic rings. The Hall–Kier alpha value is -1.49. The van der Waals surface area contributed by atoms with Gasteiger partial charge in [0.2, 0.25) is 0 Å². The Bertz CT molecular complexity index is 438. The summed E-state index contributed by atoms with van der Waals surface area (Å²) >= 11 is 0. The first-order valence-corrected chi connectivity index (χ1v) is 5.99. The van der Waals surface area contributed by atoms with Crippen molar-refractivity contribution in [3.63, 3.8) is 0 Å². The Balaban J connectivity index is 1.95. The first-order chi connectivity index (χ1) is 8.54. The first kappa shape index (κ1) is 13.0. The molecule has 1 aliphatic carbocycles. The van der Waals surface area contributed by atoms with E-state index in [-0.39, 0.29) is 11.0 Å². The summed E-state index contributed by atoms with van der Waals surface area (Å²) in [6.45, 7) is 1.10. The van der Waals surface area contributed by atoms with E-state index in [0.717, 1.165) is 37.5 Å². The van der Waals surface area contributed by atoms with Gasteiger partial charge < -0.3 is 11.1 Å². The second-order valence-electron chi connectivity index (χ2n) is 4.88. The van der Waals surface area contributed by atoms with Gasteiger partial charge in [-0.15, -0.1) is 0 Å². The fraction of sp³-hybridized carbons (Fsp3) is 0.462. The lowest BCUT2D eigenvalue weighted by Gasteiger charge is -2.14. The summed E-state index contributed by atoms with van der Waals surface area (Å²) in [5.41, 5.74) is 5.62. The zero-order valence-corrected chi connectivity index (χ0v) is 10.0. The van der Waals surface area contributed by atoms with E-state index in [0.29, 0.717) is 13.1 Å². The number of halogens is 2. The molecule has 0 unspecified atom stereocenters. The van der Waals surface area contributed by atoms with Crippen LogP contribution in [-0.4, -0.2) is 19.0 Å². The van der Waals surface area contributed by atoms with Crippen LogP contribution in [0.2, 0.25) is 0 Å². The molecule has 0 aromatic heterocycles. The fourth-order valence-electron chi connectivity index (χ4n) is 2.05. The van der Waals surface area contributed by atoms with Gasteiger partial charge in [-0.05, 0) is 43.4 Å². The third-order valence-electron chi connectivity index (χ3n) is 3.38. The van der Waals surface area contributed by atoms with Gasteiger partial charge in [0, 0.05) is 18.2 Å². The maximum absolute atomic E-state index is 13.0. The highest BCUT2D eigenvalue weighted by Crippen LogP contribution is 2.47. The highest BCUT2D eigenvalue weighted by molar-refractivity contribution is 5.94. The Kier molecular flexibility index (Phi) is 3.61. The van der Waals surface area contributed by atoms with Crippen molar-refractivity contribution >= 4 is 5.91 Å². The summed E-state index contributed by atoms with van der Waals surface area (Å²) in [6, 6.07) is 2.80. The zero-order valence-electron chi connectivity index (χ0n) is 10.0. The van der Waals surface area contributed by atoms with Crippen molar-refractivity contribution in [1.82, 2.24) is 5.32 Å². The number of rotatable bonds is 5. The second kappa shape index (κ2) is 5.02. The van der Waals surface area contributed by atoms with Crippen LogP contribution in [0.25, 0.3) is 0 Å². The minimum atomic E-state index is -0.747. The molecule has 2 rings (SSSR count). The molecule has 18 heavy (non-hydrogen) atoms. The van der Waals surface area contributed by atoms with Gasteiger partial charge in [0.25, 0.3) is 5.91 Å². The van der Waals surface area contributed by atoms with E-state index in [1.807, 2.05) is 0 Å². The lowest BCUT2D eigenvalue weighted by Crippen LogP contribution is -2.31. The predicted octanol–water partition coefficient (Wildman–Crippen LogP) is 1.82. The lowest BCUT2D eigenvalue weighted by molar-refractivity contribution is 0.0943. The summed E-state index contributed by atoms with van der Waals surface area (Å²) in [5.74, 6) is -1.94. The molecule has 98 valence electrons. The molecule has 0 bridgehead atoms. The first-order valence-electron chi connectivity index (χ1n) is 5.99. The average Bonchev–Trinajstić information content (AvgIpc) is 3.06. The Morgan fingerprint density at radius 3 is 2.39 bits per heavy atom. The molecule has 1 saturated carbocycles. The molecule has 0 spiro atoms. The van der Waals surface area contributed by atoms with Crippen molar-refractivity contribution in [2.24, 2.45) is 11.1 Å². The van der Waals surface area contributed by atoms with Crippen LogP contribution in [-0.2, 0) is 0 Å². The number of carbonyl (C=O) groups is 1. The topological polar surface area (TPSA) is 55.1 Å². The quantitative estimate of drug-likeness (QED) is 0.842. The molecule has 5 heteroatoms. The van der Waals surface area contributed by atoms with Crippen molar-refractivity contribution in [1.29, 1.82) is 0 Å². The van der Waals surface area contributed by atoms with Crippen LogP contribution >= 0.6 is 0 Å². The van der Waals surface area contributed by atoms with Gasteiger partial charge in [-0.25, -0.2) is 8.78 Å². The fourth-order valence-corrected chi connectivity index (χ4v) is 2.05. The van der Waals surface area contributed by atoms with Crippen LogP contribution < -0.4 is 11.1 Å². The molecular weight excluding hydrogens is 238 g/mol. The number of nitrogens with one attached hydrogen (secondary N) is 1. The Labute approximate surface area is 104 Å². The van der Waals surface area contributed by atoms with E-state index in [9.17, 15) is 13.6 Å². The van der Waals surface area contributed by atoms with Gasteiger partial charge in [-0.3, -0.25) is 4.79 Å². The van der Waals surface area contributed by atoms with Crippen LogP contribution in [0.15, 0.2) is 18.2 Å². The summed E-state index contributed by atoms with van der Waals surface area (Å²) in [4.78, 5) is 11.8. The minimum absolute atomic E-state index is 0.0102. The maximum atomic E-state index is 13.0. The van der Waals surface area contributed by atoms with Crippen LogP contribution in [0.5, 0.6) is 0 Å². The number of nitrogens with two attached hydrogens (primary N) is 1. The SMILES string of the molecule is NCCC1(CNC(=O)c2cc(F)cc(F)c2)CC1. The summed E-state index contributed by atoms with van der Waals surface area (Å²) in [5, 5.41) is 2.71. The van der Waals surface area contributed by atoms with Gasteiger partial charge in [0.15, 0.2) is 0 Å². The van der Waals surface area contributed by atoms with Crippen molar-refractivity contribution in [2.75, 3.05) is 13.1 Å². The highest BCUT2D eigenvalue weighted by atomic mass is 19.1. The molecule has 1 aromatic carbocycles. The summed E-state index contributed by atoms with van der Waals surface area (Å²) in [6.07, 6.45) is 2.95. The molecule has 0 radical (unpaired) electrons. The van der Waals surface area contributed by atoms with Crippen LogP contribution in [0, 0.1) is 17.0 Å². The third kappa shape index (κ3) is 3.04. The molecule has 1 amide bonds. The number of hydrogen-bond acceptors (Lipinski definition) is 2. The van der Waals surface area contributed by atoms with Crippen molar-refractivity contribution in [3.8, 4) is 0 Å². The van der Waals surface area contributed by atoms with Crippen LogP contribution in [0.4, 0.5) is 8.78 Å². The normalized spacial score (nSPS) is 16.4.